The maximum Gasteiger partial charge on any atom is 0.122 e. The third-order valence-electron chi connectivity index (χ3n) is 6.43. The van der Waals surface area contributed by atoms with E-state index in [1.54, 1.807) is 36.4 Å². The van der Waals surface area contributed by atoms with E-state index in [-0.39, 0.29) is 48.8 Å². The lowest BCUT2D eigenvalue weighted by molar-refractivity contribution is 0.0193. The third kappa shape index (κ3) is 5.00. The molecule has 0 bridgehead atoms. The van der Waals surface area contributed by atoms with Crippen molar-refractivity contribution in [1.82, 2.24) is 0 Å². The average molecular weight is 463 g/mol. The number of phenols is 2. The van der Waals surface area contributed by atoms with Crippen molar-refractivity contribution >= 4 is 12.2 Å². The van der Waals surface area contributed by atoms with Gasteiger partial charge in [0.1, 0.15) is 11.5 Å². The van der Waals surface area contributed by atoms with Crippen molar-refractivity contribution in [1.29, 1.82) is 0 Å². The highest BCUT2D eigenvalue weighted by molar-refractivity contribution is 5.61. The van der Waals surface area contributed by atoms with Crippen LogP contribution in [-0.4, -0.2) is 46.9 Å². The minimum atomic E-state index is -0.159. The minimum absolute atomic E-state index is 0.143. The van der Waals surface area contributed by atoms with Crippen molar-refractivity contribution in [2.75, 3.05) is 26.4 Å². The second kappa shape index (κ2) is 10.4. The van der Waals surface area contributed by atoms with Crippen LogP contribution in [0.4, 0.5) is 0 Å². The molecule has 0 saturated carbocycles. The standard InChI is InChI=1S/C28H30O6/c1-17(13-29)3-5-19-11-21(7-9-25(19)31)27-23-15-34-28(24(23)16-33-27)22-8-10-26(32)20(12-22)6-4-18(2)14-30/h3-12,23-24,27-32H,1-2,13-16H2/b5-3+,6-4+. The van der Waals surface area contributed by atoms with Crippen LogP contribution in [-0.2, 0) is 9.47 Å². The molecule has 2 aromatic rings. The van der Waals surface area contributed by atoms with E-state index < -0.39 is 0 Å². The first-order valence-electron chi connectivity index (χ1n) is 11.2. The van der Waals surface area contributed by atoms with E-state index in [1.165, 1.54) is 0 Å². The van der Waals surface area contributed by atoms with Gasteiger partial charge in [0, 0.05) is 23.0 Å². The Labute approximate surface area is 199 Å². The summed E-state index contributed by atoms with van der Waals surface area (Å²) in [6.45, 7) is 8.28. The molecule has 2 heterocycles. The first-order valence-corrected chi connectivity index (χ1v) is 11.2. The van der Waals surface area contributed by atoms with Crippen LogP contribution in [0.2, 0.25) is 0 Å². The summed E-state index contributed by atoms with van der Waals surface area (Å²) in [5.74, 6) is 0.602. The fourth-order valence-corrected chi connectivity index (χ4v) is 4.52. The fourth-order valence-electron chi connectivity index (χ4n) is 4.52. The SMILES string of the molecule is C=C(/C=C/c1cc(C2OCC3C(c4ccc(O)c(/C=C/C(=C)CO)c4)OCC23)ccc1O)CO. The van der Waals surface area contributed by atoms with Crippen LogP contribution in [0.25, 0.3) is 12.2 Å². The van der Waals surface area contributed by atoms with Crippen LogP contribution < -0.4 is 0 Å². The number of fused-ring (bicyclic) bond motifs is 1. The van der Waals surface area contributed by atoms with Crippen molar-refractivity contribution in [3.05, 3.63) is 95.1 Å². The van der Waals surface area contributed by atoms with E-state index in [1.807, 2.05) is 24.3 Å². The summed E-state index contributed by atoms with van der Waals surface area (Å²) in [6, 6.07) is 10.8. The zero-order chi connectivity index (χ0) is 24.2. The highest BCUT2D eigenvalue weighted by atomic mass is 16.5. The average Bonchev–Trinajstić information content (AvgIpc) is 3.45. The van der Waals surface area contributed by atoms with Gasteiger partial charge < -0.3 is 29.9 Å². The van der Waals surface area contributed by atoms with Crippen molar-refractivity contribution in [2.24, 2.45) is 11.8 Å². The van der Waals surface area contributed by atoms with Gasteiger partial charge in [0.05, 0.1) is 38.6 Å². The van der Waals surface area contributed by atoms with Crippen LogP contribution in [0, 0.1) is 11.8 Å². The van der Waals surface area contributed by atoms with Crippen molar-refractivity contribution in [3.8, 4) is 11.5 Å². The van der Waals surface area contributed by atoms with Crippen molar-refractivity contribution in [2.45, 2.75) is 12.2 Å². The molecule has 4 N–H and O–H groups in total. The van der Waals surface area contributed by atoms with Gasteiger partial charge in [-0.1, -0.05) is 49.6 Å². The Hall–Kier alpha value is -3.16. The topological polar surface area (TPSA) is 99.4 Å². The van der Waals surface area contributed by atoms with Crippen LogP contribution >= 0.6 is 0 Å². The maximum atomic E-state index is 10.2. The van der Waals surface area contributed by atoms with Gasteiger partial charge in [-0.25, -0.2) is 0 Å². The second-order valence-electron chi connectivity index (χ2n) is 8.77. The van der Waals surface area contributed by atoms with E-state index in [2.05, 4.69) is 13.2 Å². The molecule has 2 aromatic carbocycles. The molecule has 6 nitrogen and oxygen atoms in total. The lowest BCUT2D eigenvalue weighted by Crippen LogP contribution is -2.14. The third-order valence-corrected chi connectivity index (χ3v) is 6.43. The number of benzene rings is 2. The number of hydrogen-bond donors (Lipinski definition) is 4. The van der Waals surface area contributed by atoms with Gasteiger partial charge in [0.25, 0.3) is 0 Å². The molecule has 2 aliphatic heterocycles. The normalized spacial score (nSPS) is 24.2. The van der Waals surface area contributed by atoms with E-state index in [0.29, 0.717) is 35.5 Å². The van der Waals surface area contributed by atoms with Gasteiger partial charge in [-0.05, 0) is 46.5 Å². The van der Waals surface area contributed by atoms with E-state index >= 15 is 0 Å². The molecule has 0 spiro atoms. The predicted octanol–water partition coefficient (Wildman–Crippen LogP) is 4.30. The molecule has 34 heavy (non-hydrogen) atoms. The monoisotopic (exact) mass is 462 g/mol. The number of aromatic hydroxyl groups is 2. The Morgan fingerprint density at radius 3 is 1.56 bits per heavy atom. The molecule has 2 fully saturated rings. The molecule has 0 radical (unpaired) electrons. The van der Waals surface area contributed by atoms with Crippen LogP contribution in [0.3, 0.4) is 0 Å². The Morgan fingerprint density at radius 1 is 0.765 bits per heavy atom. The molecule has 2 saturated heterocycles. The summed E-state index contributed by atoms with van der Waals surface area (Å²) in [4.78, 5) is 0. The van der Waals surface area contributed by atoms with Gasteiger partial charge in [-0.3, -0.25) is 0 Å². The zero-order valence-corrected chi connectivity index (χ0v) is 18.9. The molecular weight excluding hydrogens is 432 g/mol. The van der Waals surface area contributed by atoms with Gasteiger partial charge >= 0.3 is 0 Å². The van der Waals surface area contributed by atoms with E-state index in [4.69, 9.17) is 19.7 Å². The van der Waals surface area contributed by atoms with Crippen molar-refractivity contribution in [3.63, 3.8) is 0 Å². The lowest BCUT2D eigenvalue weighted by atomic mass is 9.84. The number of phenolic OH excluding ortho intramolecular Hbond substituents is 2. The summed E-state index contributed by atoms with van der Waals surface area (Å²) >= 11 is 0. The number of hydrogen-bond acceptors (Lipinski definition) is 6. The van der Waals surface area contributed by atoms with Crippen LogP contribution in [0.1, 0.15) is 34.5 Å². The lowest BCUT2D eigenvalue weighted by Gasteiger charge is -2.18. The summed E-state index contributed by atoms with van der Waals surface area (Å²) in [5.41, 5.74) is 4.29. The molecular formula is C28H30O6. The van der Waals surface area contributed by atoms with Gasteiger partial charge in [0.2, 0.25) is 0 Å². The molecule has 6 heteroatoms. The zero-order valence-electron chi connectivity index (χ0n) is 18.9. The summed E-state index contributed by atoms with van der Waals surface area (Å²) in [6.07, 6.45) is 6.50. The minimum Gasteiger partial charge on any atom is -0.507 e. The second-order valence-corrected chi connectivity index (χ2v) is 8.77. The smallest absolute Gasteiger partial charge is 0.122 e. The van der Waals surface area contributed by atoms with E-state index in [9.17, 15) is 10.2 Å². The highest BCUT2D eigenvalue weighted by Gasteiger charge is 2.48. The first-order chi connectivity index (χ1) is 16.4. The molecule has 178 valence electrons. The van der Waals surface area contributed by atoms with Gasteiger partial charge in [-0.15, -0.1) is 0 Å². The molecule has 4 unspecified atom stereocenters. The van der Waals surface area contributed by atoms with Gasteiger partial charge in [-0.2, -0.15) is 0 Å². The Kier molecular flexibility index (Phi) is 7.34. The first kappa shape index (κ1) is 24.0. The molecule has 0 amide bonds. The predicted molar refractivity (Wildman–Crippen MR) is 131 cm³/mol. The highest BCUT2D eigenvalue weighted by Crippen LogP contribution is 2.50. The molecule has 4 rings (SSSR count). The molecule has 2 aliphatic rings. The Morgan fingerprint density at radius 2 is 1.18 bits per heavy atom. The fraction of sp³-hybridized carbons (Fsp3) is 0.286. The van der Waals surface area contributed by atoms with Gasteiger partial charge in [0.15, 0.2) is 0 Å². The number of rotatable bonds is 8. The van der Waals surface area contributed by atoms with Crippen LogP contribution in [0.15, 0.2) is 72.9 Å². The number of aliphatic hydroxyl groups excluding tert-OH is 2. The summed E-state index contributed by atoms with van der Waals surface area (Å²) in [5, 5.41) is 38.8. The summed E-state index contributed by atoms with van der Waals surface area (Å²) in [7, 11) is 0. The van der Waals surface area contributed by atoms with E-state index in [0.717, 1.165) is 11.1 Å². The maximum absolute atomic E-state index is 10.2. The molecule has 0 aliphatic carbocycles. The Balaban J connectivity index is 1.54. The molecule has 4 atom stereocenters. The quantitative estimate of drug-likeness (QED) is 0.437. The van der Waals surface area contributed by atoms with Crippen LogP contribution in [0.5, 0.6) is 11.5 Å². The summed E-state index contributed by atoms with van der Waals surface area (Å²) < 4.78 is 12.4. The Bertz CT molecular complexity index is 1040. The number of ether oxygens (including phenoxy) is 2. The van der Waals surface area contributed by atoms with Crippen molar-refractivity contribution < 1.29 is 29.9 Å². The largest absolute Gasteiger partial charge is 0.507 e. The number of aliphatic hydroxyl groups is 2. The molecule has 0 aromatic heterocycles.